The molecule has 2 rings (SSSR count). The average molecular weight is 133 g/mol. The molecule has 0 spiro atoms. The van der Waals surface area contributed by atoms with Crippen LogP contribution in [0.15, 0.2) is 18.3 Å². The molecule has 1 aliphatic rings. The fourth-order valence-electron chi connectivity index (χ4n) is 0.869. The highest BCUT2D eigenvalue weighted by Gasteiger charge is 2.20. The van der Waals surface area contributed by atoms with Gasteiger partial charge in [-0.1, -0.05) is 0 Å². The second-order valence-corrected chi connectivity index (χ2v) is 2.59. The van der Waals surface area contributed by atoms with Crippen molar-refractivity contribution in [2.45, 2.75) is 18.9 Å². The number of nitrogens with zero attached hydrogens (tertiary/aromatic N) is 1. The van der Waals surface area contributed by atoms with Crippen molar-refractivity contribution in [3.05, 3.63) is 24.5 Å². The molecule has 0 saturated heterocycles. The van der Waals surface area contributed by atoms with Crippen molar-refractivity contribution in [1.82, 2.24) is 4.98 Å². The summed E-state index contributed by atoms with van der Waals surface area (Å²) in [5, 5.41) is 3.34. The van der Waals surface area contributed by atoms with Gasteiger partial charge in [0.05, 0.1) is 6.20 Å². The number of anilines is 1. The Balaban J connectivity index is 2.03. The van der Waals surface area contributed by atoms with Gasteiger partial charge in [0.25, 0.3) is 0 Å². The Labute approximate surface area is 60.3 Å². The number of hydrogen-bond donors (Lipinski definition) is 1. The average Bonchev–Trinajstić information content (AvgIpc) is 2.74. The molecule has 0 aromatic carbocycles. The molecule has 1 fully saturated rings. The fraction of sp³-hybridized carbons (Fsp3) is 0.375. The molecule has 10 heavy (non-hydrogen) atoms. The lowest BCUT2D eigenvalue weighted by Gasteiger charge is -2.00. The van der Waals surface area contributed by atoms with Gasteiger partial charge in [-0.05, 0) is 25.0 Å². The van der Waals surface area contributed by atoms with Gasteiger partial charge >= 0.3 is 0 Å². The lowest BCUT2D eigenvalue weighted by molar-refractivity contribution is 1.15. The van der Waals surface area contributed by atoms with E-state index in [9.17, 15) is 0 Å². The summed E-state index contributed by atoms with van der Waals surface area (Å²) in [6.07, 6.45) is 7.15. The Morgan fingerprint density at radius 2 is 2.50 bits per heavy atom. The van der Waals surface area contributed by atoms with Crippen LogP contribution in [-0.4, -0.2) is 11.0 Å². The normalized spacial score (nSPS) is 16.8. The quantitative estimate of drug-likeness (QED) is 0.660. The van der Waals surface area contributed by atoms with E-state index < -0.39 is 0 Å². The van der Waals surface area contributed by atoms with Crippen molar-refractivity contribution < 1.29 is 0 Å². The summed E-state index contributed by atoms with van der Waals surface area (Å²) in [6.45, 7) is 0. The van der Waals surface area contributed by atoms with Gasteiger partial charge in [0.1, 0.15) is 0 Å². The molecule has 2 nitrogen and oxygen atoms in total. The van der Waals surface area contributed by atoms with Gasteiger partial charge in [-0.3, -0.25) is 4.98 Å². The third-order valence-corrected chi connectivity index (χ3v) is 1.57. The van der Waals surface area contributed by atoms with E-state index in [2.05, 4.69) is 16.5 Å². The summed E-state index contributed by atoms with van der Waals surface area (Å²) in [7, 11) is 0. The van der Waals surface area contributed by atoms with Crippen LogP contribution in [-0.2, 0) is 0 Å². The summed E-state index contributed by atoms with van der Waals surface area (Å²) in [6, 6.07) is 4.56. The molecule has 51 valence electrons. The molecule has 1 aliphatic carbocycles. The minimum absolute atomic E-state index is 0.718. The molecule has 0 amide bonds. The van der Waals surface area contributed by atoms with Crippen LogP contribution in [0, 0.1) is 6.20 Å². The first-order chi connectivity index (χ1) is 4.95. The molecule has 0 atom stereocenters. The molecule has 1 heterocycles. The minimum Gasteiger partial charge on any atom is -0.382 e. The van der Waals surface area contributed by atoms with Crippen molar-refractivity contribution in [1.29, 1.82) is 0 Å². The van der Waals surface area contributed by atoms with Gasteiger partial charge in [-0.25, -0.2) is 0 Å². The van der Waals surface area contributed by atoms with E-state index in [0.29, 0.717) is 0 Å². The van der Waals surface area contributed by atoms with Crippen molar-refractivity contribution in [3.63, 3.8) is 0 Å². The zero-order valence-corrected chi connectivity index (χ0v) is 5.67. The summed E-state index contributed by atoms with van der Waals surface area (Å²) >= 11 is 0. The third kappa shape index (κ3) is 1.26. The lowest BCUT2D eigenvalue weighted by Crippen LogP contribution is -1.99. The second-order valence-electron chi connectivity index (χ2n) is 2.59. The van der Waals surface area contributed by atoms with Crippen LogP contribution in [0.2, 0.25) is 0 Å². The van der Waals surface area contributed by atoms with Crippen molar-refractivity contribution in [2.75, 3.05) is 5.32 Å². The van der Waals surface area contributed by atoms with E-state index in [0.717, 1.165) is 11.7 Å². The molecule has 2 heteroatoms. The topological polar surface area (TPSA) is 24.9 Å². The Kier molecular flexibility index (Phi) is 1.31. The molecular formula is C8H9N2. The number of pyridine rings is 1. The SMILES string of the molecule is [c]1cc(NC2CC2)ccn1. The Morgan fingerprint density at radius 1 is 1.60 bits per heavy atom. The van der Waals surface area contributed by atoms with Gasteiger partial charge in [0, 0.05) is 17.9 Å². The van der Waals surface area contributed by atoms with E-state index in [1.165, 1.54) is 12.8 Å². The highest BCUT2D eigenvalue weighted by molar-refractivity contribution is 5.42. The molecule has 1 saturated carbocycles. The van der Waals surface area contributed by atoms with Gasteiger partial charge < -0.3 is 5.32 Å². The fourth-order valence-corrected chi connectivity index (χ4v) is 0.869. The van der Waals surface area contributed by atoms with Gasteiger partial charge in [0.15, 0.2) is 0 Å². The van der Waals surface area contributed by atoms with E-state index in [-0.39, 0.29) is 0 Å². The number of hydrogen-bond acceptors (Lipinski definition) is 2. The largest absolute Gasteiger partial charge is 0.382 e. The summed E-state index contributed by atoms with van der Waals surface area (Å²) in [5.74, 6) is 0. The molecule has 0 unspecified atom stereocenters. The molecule has 1 aromatic rings. The Morgan fingerprint density at radius 3 is 3.10 bits per heavy atom. The van der Waals surface area contributed by atoms with Crippen LogP contribution >= 0.6 is 0 Å². The number of rotatable bonds is 2. The smallest absolute Gasteiger partial charge is 0.0907 e. The van der Waals surface area contributed by atoms with E-state index in [1.54, 1.807) is 6.20 Å². The highest BCUT2D eigenvalue weighted by Crippen LogP contribution is 2.23. The predicted molar refractivity (Wildman–Crippen MR) is 39.7 cm³/mol. The first kappa shape index (κ1) is 5.71. The van der Waals surface area contributed by atoms with Crippen molar-refractivity contribution in [3.8, 4) is 0 Å². The molecular weight excluding hydrogens is 124 g/mol. The van der Waals surface area contributed by atoms with Gasteiger partial charge in [0.2, 0.25) is 0 Å². The predicted octanol–water partition coefficient (Wildman–Crippen LogP) is 1.46. The Bertz CT molecular complexity index is 204. The molecule has 1 aromatic heterocycles. The highest BCUT2D eigenvalue weighted by atomic mass is 15.0. The molecule has 0 aliphatic heterocycles. The van der Waals surface area contributed by atoms with Crippen LogP contribution in [0.25, 0.3) is 0 Å². The van der Waals surface area contributed by atoms with Crippen LogP contribution < -0.4 is 5.32 Å². The summed E-state index contributed by atoms with van der Waals surface area (Å²) in [4.78, 5) is 3.81. The lowest BCUT2D eigenvalue weighted by atomic mass is 10.4. The maximum absolute atomic E-state index is 3.81. The van der Waals surface area contributed by atoms with Gasteiger partial charge in [-0.15, -0.1) is 0 Å². The van der Waals surface area contributed by atoms with Crippen LogP contribution in [0.5, 0.6) is 0 Å². The first-order valence-corrected chi connectivity index (χ1v) is 3.54. The van der Waals surface area contributed by atoms with Crippen molar-refractivity contribution >= 4 is 5.69 Å². The molecule has 0 bridgehead atoms. The number of aromatic nitrogens is 1. The Hall–Kier alpha value is -1.05. The van der Waals surface area contributed by atoms with Crippen molar-refractivity contribution in [2.24, 2.45) is 0 Å². The molecule has 1 radical (unpaired) electrons. The zero-order chi connectivity index (χ0) is 6.81. The third-order valence-electron chi connectivity index (χ3n) is 1.57. The van der Waals surface area contributed by atoms with E-state index in [1.807, 2.05) is 12.1 Å². The second kappa shape index (κ2) is 2.29. The maximum atomic E-state index is 3.81. The number of nitrogens with one attached hydrogen (secondary N) is 1. The first-order valence-electron chi connectivity index (χ1n) is 3.54. The van der Waals surface area contributed by atoms with Crippen LogP contribution in [0.1, 0.15) is 12.8 Å². The zero-order valence-electron chi connectivity index (χ0n) is 5.67. The monoisotopic (exact) mass is 133 g/mol. The van der Waals surface area contributed by atoms with E-state index in [4.69, 9.17) is 0 Å². The van der Waals surface area contributed by atoms with E-state index >= 15 is 0 Å². The summed E-state index contributed by atoms with van der Waals surface area (Å²) < 4.78 is 0. The minimum atomic E-state index is 0.718. The van der Waals surface area contributed by atoms with Gasteiger partial charge in [-0.2, -0.15) is 0 Å². The molecule has 1 N–H and O–H groups in total. The maximum Gasteiger partial charge on any atom is 0.0907 e. The standard InChI is InChI=1S/C8H9N2/c1-2-7(1)10-8-3-5-9-6-4-8/h3-5,7H,1-2H2,(H,9,10). The summed E-state index contributed by atoms with van der Waals surface area (Å²) in [5.41, 5.74) is 1.14. The van der Waals surface area contributed by atoms with Crippen LogP contribution in [0.3, 0.4) is 0 Å². The van der Waals surface area contributed by atoms with Crippen LogP contribution in [0.4, 0.5) is 5.69 Å².